The van der Waals surface area contributed by atoms with Gasteiger partial charge in [-0.2, -0.15) is 0 Å². The maximum absolute atomic E-state index is 13.1. The Kier molecular flexibility index (Phi) is 2.15. The topological polar surface area (TPSA) is 37.3 Å². The number of allylic oxidation sites excluding steroid dienone is 1. The van der Waals surface area contributed by atoms with Crippen molar-refractivity contribution in [2.24, 2.45) is 0 Å². The number of hydrogen-bond acceptors (Lipinski definition) is 1. The molecule has 0 aromatic heterocycles. The van der Waals surface area contributed by atoms with Crippen LogP contribution in [0.1, 0.15) is 11.1 Å². The van der Waals surface area contributed by atoms with Gasteiger partial charge in [0.25, 0.3) is 0 Å². The molecule has 0 fully saturated rings. The summed E-state index contributed by atoms with van der Waals surface area (Å²) < 4.78 is 13.4. The van der Waals surface area contributed by atoms with Crippen molar-refractivity contribution >= 4 is 27.5 Å². The molecule has 0 saturated heterocycles. The molecule has 2 rings (SSSR count). The number of fused-ring (bicyclic) bond motifs is 1. The molecule has 4 heteroatoms. The lowest BCUT2D eigenvalue weighted by Crippen LogP contribution is -1.98. The summed E-state index contributed by atoms with van der Waals surface area (Å²) in [6.07, 6.45) is 2.08. The van der Waals surface area contributed by atoms with E-state index < -0.39 is 5.97 Å². The molecular weight excluding hydrogens is 251 g/mol. The number of aliphatic carboxylic acids is 1. The highest BCUT2D eigenvalue weighted by molar-refractivity contribution is 9.10. The Morgan fingerprint density at radius 1 is 1.50 bits per heavy atom. The van der Waals surface area contributed by atoms with Gasteiger partial charge in [-0.3, -0.25) is 0 Å². The van der Waals surface area contributed by atoms with Gasteiger partial charge in [0.15, 0.2) is 0 Å². The Morgan fingerprint density at radius 2 is 2.21 bits per heavy atom. The second-order valence-corrected chi connectivity index (χ2v) is 3.90. The molecular formula is C10H6BrFO2. The Balaban J connectivity index is 2.57. The van der Waals surface area contributed by atoms with Gasteiger partial charge in [-0.15, -0.1) is 0 Å². The highest BCUT2D eigenvalue weighted by Gasteiger charge is 2.21. The molecule has 0 atom stereocenters. The van der Waals surface area contributed by atoms with E-state index in [1.54, 1.807) is 6.08 Å². The molecule has 0 spiro atoms. The summed E-state index contributed by atoms with van der Waals surface area (Å²) in [5.41, 5.74) is 1.58. The predicted octanol–water partition coefficient (Wildman–Crippen LogP) is 2.61. The monoisotopic (exact) mass is 256 g/mol. The number of halogens is 2. The fourth-order valence-corrected chi connectivity index (χ4v) is 1.88. The number of rotatable bonds is 1. The van der Waals surface area contributed by atoms with E-state index in [2.05, 4.69) is 15.9 Å². The van der Waals surface area contributed by atoms with Gasteiger partial charge in [-0.1, -0.05) is 6.08 Å². The standard InChI is InChI=1S/C10H6BrFO2/c11-8-4-7-5(3-9(8)12)1-2-6(7)10(13)14/h2-4H,1H2,(H,13,14). The molecule has 2 nitrogen and oxygen atoms in total. The summed E-state index contributed by atoms with van der Waals surface area (Å²) in [5.74, 6) is -1.33. The van der Waals surface area contributed by atoms with Gasteiger partial charge in [0, 0.05) is 0 Å². The summed E-state index contributed by atoms with van der Waals surface area (Å²) in [4.78, 5) is 10.8. The second-order valence-electron chi connectivity index (χ2n) is 3.05. The normalized spacial score (nSPS) is 13.7. The van der Waals surface area contributed by atoms with Gasteiger partial charge < -0.3 is 5.11 Å². The van der Waals surface area contributed by atoms with Crippen LogP contribution >= 0.6 is 15.9 Å². The average molecular weight is 257 g/mol. The first-order valence-corrected chi connectivity index (χ1v) is 4.80. The van der Waals surface area contributed by atoms with E-state index in [1.165, 1.54) is 12.1 Å². The van der Waals surface area contributed by atoms with Crippen molar-refractivity contribution < 1.29 is 14.3 Å². The Morgan fingerprint density at radius 3 is 2.86 bits per heavy atom. The number of hydrogen-bond donors (Lipinski definition) is 1. The maximum Gasteiger partial charge on any atom is 0.335 e. The highest BCUT2D eigenvalue weighted by Crippen LogP contribution is 2.31. The highest BCUT2D eigenvalue weighted by atomic mass is 79.9. The van der Waals surface area contributed by atoms with Gasteiger partial charge in [-0.05, 0) is 45.6 Å². The van der Waals surface area contributed by atoms with Crippen LogP contribution in [0.3, 0.4) is 0 Å². The molecule has 0 saturated carbocycles. The van der Waals surface area contributed by atoms with E-state index in [4.69, 9.17) is 5.11 Å². The van der Waals surface area contributed by atoms with Crippen LogP contribution in [0, 0.1) is 5.82 Å². The van der Waals surface area contributed by atoms with Gasteiger partial charge in [-0.25, -0.2) is 9.18 Å². The first kappa shape index (κ1) is 9.40. The quantitative estimate of drug-likeness (QED) is 0.839. The van der Waals surface area contributed by atoms with Crippen LogP contribution < -0.4 is 0 Å². The van der Waals surface area contributed by atoms with Crippen LogP contribution in [-0.4, -0.2) is 11.1 Å². The lowest BCUT2D eigenvalue weighted by molar-refractivity contribution is -0.130. The van der Waals surface area contributed by atoms with Crippen molar-refractivity contribution in [2.75, 3.05) is 0 Å². The molecule has 0 bridgehead atoms. The van der Waals surface area contributed by atoms with Gasteiger partial charge in [0.1, 0.15) is 5.82 Å². The molecule has 1 aromatic carbocycles. The smallest absolute Gasteiger partial charge is 0.335 e. The van der Waals surface area contributed by atoms with Crippen LogP contribution in [0.5, 0.6) is 0 Å². The van der Waals surface area contributed by atoms with Crippen molar-refractivity contribution in [3.05, 3.63) is 39.6 Å². The van der Waals surface area contributed by atoms with Crippen LogP contribution in [0.25, 0.3) is 5.57 Å². The summed E-state index contributed by atoms with van der Waals surface area (Å²) in [7, 11) is 0. The zero-order chi connectivity index (χ0) is 10.3. The second kappa shape index (κ2) is 3.20. The molecule has 0 unspecified atom stereocenters. The molecule has 0 amide bonds. The van der Waals surface area contributed by atoms with E-state index >= 15 is 0 Å². The first-order chi connectivity index (χ1) is 6.59. The van der Waals surface area contributed by atoms with Crippen molar-refractivity contribution in [3.63, 3.8) is 0 Å². The van der Waals surface area contributed by atoms with Crippen molar-refractivity contribution in [3.8, 4) is 0 Å². The molecule has 1 aliphatic rings. The third kappa shape index (κ3) is 1.35. The fourth-order valence-electron chi connectivity index (χ4n) is 1.53. The molecule has 0 radical (unpaired) electrons. The number of benzene rings is 1. The van der Waals surface area contributed by atoms with Crippen molar-refractivity contribution in [1.29, 1.82) is 0 Å². The van der Waals surface area contributed by atoms with Crippen molar-refractivity contribution in [2.45, 2.75) is 6.42 Å². The number of carboxylic acids is 1. The van der Waals surface area contributed by atoms with E-state index in [0.29, 0.717) is 16.5 Å². The minimum atomic E-state index is -0.970. The van der Waals surface area contributed by atoms with E-state index in [1.807, 2.05) is 0 Å². The van der Waals surface area contributed by atoms with E-state index in [-0.39, 0.29) is 11.4 Å². The zero-order valence-corrected chi connectivity index (χ0v) is 8.64. The minimum Gasteiger partial charge on any atom is -0.478 e. The molecule has 1 aliphatic carbocycles. The lowest BCUT2D eigenvalue weighted by Gasteiger charge is -2.03. The molecule has 1 N–H and O–H groups in total. The lowest BCUT2D eigenvalue weighted by atomic mass is 10.1. The Bertz CT molecular complexity index is 452. The number of carboxylic acid groups (broad SMARTS) is 1. The zero-order valence-electron chi connectivity index (χ0n) is 7.05. The van der Waals surface area contributed by atoms with Crippen molar-refractivity contribution in [1.82, 2.24) is 0 Å². The predicted molar refractivity (Wildman–Crippen MR) is 53.4 cm³/mol. The first-order valence-electron chi connectivity index (χ1n) is 4.01. The van der Waals surface area contributed by atoms with Crippen LogP contribution in [-0.2, 0) is 11.2 Å². The molecule has 72 valence electrons. The fraction of sp³-hybridized carbons (Fsp3) is 0.100. The summed E-state index contributed by atoms with van der Waals surface area (Å²) in [6, 6.07) is 2.88. The van der Waals surface area contributed by atoms with E-state index in [0.717, 1.165) is 5.56 Å². The SMILES string of the molecule is O=C(O)C1=CCc2cc(F)c(Br)cc21. The number of carbonyl (C=O) groups is 1. The average Bonchev–Trinajstić information content (AvgIpc) is 2.48. The minimum absolute atomic E-state index is 0.251. The third-order valence-electron chi connectivity index (χ3n) is 2.19. The summed E-state index contributed by atoms with van der Waals surface area (Å²) in [5, 5.41) is 8.84. The molecule has 14 heavy (non-hydrogen) atoms. The maximum atomic E-state index is 13.1. The van der Waals surface area contributed by atoms with Crippen LogP contribution in [0.15, 0.2) is 22.7 Å². The van der Waals surface area contributed by atoms with Gasteiger partial charge in [0.05, 0.1) is 10.0 Å². The largest absolute Gasteiger partial charge is 0.478 e. The van der Waals surface area contributed by atoms with Crippen LogP contribution in [0.2, 0.25) is 0 Å². The van der Waals surface area contributed by atoms with Gasteiger partial charge in [0.2, 0.25) is 0 Å². The molecule has 0 aliphatic heterocycles. The Labute approximate surface area is 88.2 Å². The van der Waals surface area contributed by atoms with Gasteiger partial charge >= 0.3 is 5.97 Å². The summed E-state index contributed by atoms with van der Waals surface area (Å²) >= 11 is 3.03. The third-order valence-corrected chi connectivity index (χ3v) is 2.80. The molecule has 0 heterocycles. The molecule has 1 aromatic rings. The van der Waals surface area contributed by atoms with Crippen LogP contribution in [0.4, 0.5) is 4.39 Å². The van der Waals surface area contributed by atoms with E-state index in [9.17, 15) is 9.18 Å². The summed E-state index contributed by atoms with van der Waals surface area (Å²) in [6.45, 7) is 0. The Hall–Kier alpha value is -1.16.